The molecule has 0 spiro atoms. The molecule has 2 aromatic heterocycles. The zero-order valence-electron chi connectivity index (χ0n) is 34.0. The van der Waals surface area contributed by atoms with E-state index < -0.39 is 0 Å². The van der Waals surface area contributed by atoms with Crippen molar-refractivity contribution in [1.82, 2.24) is 9.13 Å². The van der Waals surface area contributed by atoms with Crippen LogP contribution in [0.4, 0.5) is 0 Å². The van der Waals surface area contributed by atoms with Crippen molar-refractivity contribution in [2.75, 3.05) is 0 Å². The fourth-order valence-electron chi connectivity index (χ4n) is 9.83. The number of aromatic nitrogens is 2. The molecule has 0 aliphatic heterocycles. The van der Waals surface area contributed by atoms with Crippen molar-refractivity contribution in [3.63, 3.8) is 0 Å². The average Bonchev–Trinajstić information content (AvgIpc) is 3.87. The third kappa shape index (κ3) is 5.80. The summed E-state index contributed by atoms with van der Waals surface area (Å²) in [6.07, 6.45) is 0. The number of hydrogen-bond donors (Lipinski definition) is 0. The third-order valence-electron chi connectivity index (χ3n) is 12.6. The first-order valence-electron chi connectivity index (χ1n) is 21.4. The van der Waals surface area contributed by atoms with E-state index in [2.05, 4.69) is 252 Å². The van der Waals surface area contributed by atoms with Crippen molar-refractivity contribution in [1.29, 1.82) is 0 Å². The fraction of sp³-hybridized carbons (Fsp3) is 0. The lowest BCUT2D eigenvalue weighted by Crippen LogP contribution is -1.95. The lowest BCUT2D eigenvalue weighted by molar-refractivity contribution is 1.18. The van der Waals surface area contributed by atoms with Gasteiger partial charge in [0.25, 0.3) is 0 Å². The quantitative estimate of drug-likeness (QED) is 0.152. The molecular formula is C60H40N2. The molecule has 0 saturated heterocycles. The molecule has 290 valence electrons. The Bertz CT molecular complexity index is 3270. The highest BCUT2D eigenvalue weighted by Gasteiger charge is 2.19. The van der Waals surface area contributed by atoms with Crippen LogP contribution in [0.1, 0.15) is 0 Å². The molecule has 0 amide bonds. The van der Waals surface area contributed by atoms with Crippen LogP contribution >= 0.6 is 0 Å². The van der Waals surface area contributed by atoms with E-state index in [1.807, 2.05) is 0 Å². The Labute approximate surface area is 360 Å². The second-order valence-corrected chi connectivity index (χ2v) is 16.0. The van der Waals surface area contributed by atoms with Crippen molar-refractivity contribution in [3.05, 3.63) is 243 Å². The van der Waals surface area contributed by atoms with E-state index in [0.29, 0.717) is 0 Å². The van der Waals surface area contributed by atoms with Crippen LogP contribution in [0.15, 0.2) is 243 Å². The minimum absolute atomic E-state index is 1.15. The van der Waals surface area contributed by atoms with Crippen molar-refractivity contribution >= 4 is 43.6 Å². The summed E-state index contributed by atoms with van der Waals surface area (Å²) in [6, 6.07) is 88.3. The summed E-state index contributed by atoms with van der Waals surface area (Å²) < 4.78 is 4.76. The predicted molar refractivity (Wildman–Crippen MR) is 262 cm³/mol. The van der Waals surface area contributed by atoms with Gasteiger partial charge in [-0.05, 0) is 104 Å². The molecule has 0 saturated carbocycles. The third-order valence-corrected chi connectivity index (χ3v) is 12.6. The Morgan fingerprint density at radius 1 is 0.177 bits per heavy atom. The van der Waals surface area contributed by atoms with E-state index in [4.69, 9.17) is 0 Å². The normalized spacial score (nSPS) is 11.5. The Morgan fingerprint density at radius 3 is 0.661 bits per heavy atom. The van der Waals surface area contributed by atoms with Gasteiger partial charge in [-0.25, -0.2) is 0 Å². The Morgan fingerprint density at radius 2 is 0.387 bits per heavy atom. The average molecular weight is 789 g/mol. The smallest absolute Gasteiger partial charge is 0.0541 e. The Kier molecular flexibility index (Phi) is 8.53. The van der Waals surface area contributed by atoms with Gasteiger partial charge in [-0.1, -0.05) is 194 Å². The molecule has 0 unspecified atom stereocenters. The van der Waals surface area contributed by atoms with Gasteiger partial charge in [0.05, 0.1) is 22.1 Å². The molecule has 0 aliphatic rings. The van der Waals surface area contributed by atoms with Gasteiger partial charge in [0, 0.05) is 32.9 Å². The topological polar surface area (TPSA) is 9.86 Å². The summed E-state index contributed by atoms with van der Waals surface area (Å²) in [5.41, 5.74) is 19.2. The number of fused-ring (bicyclic) bond motifs is 6. The number of rotatable bonds is 7. The standard InChI is InChI=1S/C60H40N2/c1-3-19-47(45(17-1)41-33-37-43(38-34-41)61-57-29-13-9-25-53(57)54-26-10-14-30-58(54)61)49-21-5-7-23-51(49)52-24-8-6-22-50(52)48-20-4-2-18-46(48)42-35-39-44(40-36-42)62-59-31-15-11-27-55(59)56-28-12-16-32-60(56)62/h1-40H. The first kappa shape index (κ1) is 35.7. The van der Waals surface area contributed by atoms with Crippen molar-refractivity contribution < 1.29 is 0 Å². The minimum Gasteiger partial charge on any atom is -0.309 e. The van der Waals surface area contributed by atoms with Crippen molar-refractivity contribution in [3.8, 4) is 67.0 Å². The number of benzene rings is 10. The van der Waals surface area contributed by atoms with E-state index in [0.717, 1.165) is 11.4 Å². The molecule has 12 rings (SSSR count). The first-order chi connectivity index (χ1) is 30.8. The van der Waals surface area contributed by atoms with E-state index in [9.17, 15) is 0 Å². The highest BCUT2D eigenvalue weighted by molar-refractivity contribution is 6.10. The van der Waals surface area contributed by atoms with Gasteiger partial charge in [-0.15, -0.1) is 0 Å². The van der Waals surface area contributed by atoms with E-state index >= 15 is 0 Å². The molecule has 10 aromatic carbocycles. The molecule has 2 heterocycles. The van der Waals surface area contributed by atoms with Crippen molar-refractivity contribution in [2.24, 2.45) is 0 Å². The largest absolute Gasteiger partial charge is 0.309 e. The lowest BCUT2D eigenvalue weighted by Gasteiger charge is -2.19. The first-order valence-corrected chi connectivity index (χ1v) is 21.4. The van der Waals surface area contributed by atoms with Crippen LogP contribution in [-0.2, 0) is 0 Å². The van der Waals surface area contributed by atoms with Crippen LogP contribution < -0.4 is 0 Å². The summed E-state index contributed by atoms with van der Waals surface area (Å²) in [5.74, 6) is 0. The molecule has 12 aromatic rings. The zero-order chi connectivity index (χ0) is 41.0. The second-order valence-electron chi connectivity index (χ2n) is 16.0. The second kappa shape index (κ2) is 14.8. The van der Waals surface area contributed by atoms with Gasteiger partial charge in [0.1, 0.15) is 0 Å². The van der Waals surface area contributed by atoms with Crippen LogP contribution in [0.25, 0.3) is 111 Å². The summed E-state index contributed by atoms with van der Waals surface area (Å²) in [4.78, 5) is 0. The van der Waals surface area contributed by atoms with E-state index in [1.54, 1.807) is 0 Å². The van der Waals surface area contributed by atoms with Crippen molar-refractivity contribution in [2.45, 2.75) is 0 Å². The maximum absolute atomic E-state index is 2.38. The Balaban J connectivity index is 0.929. The molecule has 0 radical (unpaired) electrons. The van der Waals surface area contributed by atoms with E-state index in [-0.39, 0.29) is 0 Å². The lowest BCUT2D eigenvalue weighted by atomic mass is 9.85. The number of para-hydroxylation sites is 4. The van der Waals surface area contributed by atoms with Crippen LogP contribution in [0.2, 0.25) is 0 Å². The molecule has 0 bridgehead atoms. The van der Waals surface area contributed by atoms with Gasteiger partial charge >= 0.3 is 0 Å². The molecule has 2 heteroatoms. The number of hydrogen-bond acceptors (Lipinski definition) is 0. The van der Waals surface area contributed by atoms with Gasteiger partial charge in [-0.2, -0.15) is 0 Å². The Hall–Kier alpha value is -8.20. The van der Waals surface area contributed by atoms with Gasteiger partial charge in [0.15, 0.2) is 0 Å². The van der Waals surface area contributed by atoms with Crippen LogP contribution in [0, 0.1) is 0 Å². The van der Waals surface area contributed by atoms with Crippen LogP contribution in [-0.4, -0.2) is 9.13 Å². The predicted octanol–water partition coefficient (Wildman–Crippen LogP) is 16.2. The molecule has 0 aliphatic carbocycles. The number of nitrogens with zero attached hydrogens (tertiary/aromatic N) is 2. The van der Waals surface area contributed by atoms with E-state index in [1.165, 1.54) is 99.2 Å². The summed E-state index contributed by atoms with van der Waals surface area (Å²) in [5, 5.41) is 5.08. The van der Waals surface area contributed by atoms with Crippen LogP contribution in [0.3, 0.4) is 0 Å². The fourth-order valence-corrected chi connectivity index (χ4v) is 9.83. The van der Waals surface area contributed by atoms with Crippen LogP contribution in [0.5, 0.6) is 0 Å². The van der Waals surface area contributed by atoms with Gasteiger partial charge < -0.3 is 9.13 Å². The maximum atomic E-state index is 2.38. The van der Waals surface area contributed by atoms with Gasteiger partial charge in [0.2, 0.25) is 0 Å². The maximum Gasteiger partial charge on any atom is 0.0541 e. The minimum atomic E-state index is 1.15. The molecule has 0 atom stereocenters. The molecule has 62 heavy (non-hydrogen) atoms. The molecular weight excluding hydrogens is 749 g/mol. The SMILES string of the molecule is c1ccc(-c2ccccc2-c2ccccc2-c2ccccc2-c2ccc(-n3c4ccccc4c4ccccc43)cc2)c(-c2ccc(-n3c4ccccc4c4ccccc43)cc2)c1. The summed E-state index contributed by atoms with van der Waals surface area (Å²) >= 11 is 0. The van der Waals surface area contributed by atoms with Gasteiger partial charge in [-0.3, -0.25) is 0 Å². The highest BCUT2D eigenvalue weighted by Crippen LogP contribution is 2.44. The zero-order valence-corrected chi connectivity index (χ0v) is 34.0. The highest BCUT2D eigenvalue weighted by atomic mass is 15.0. The monoisotopic (exact) mass is 788 g/mol. The summed E-state index contributed by atoms with van der Waals surface area (Å²) in [6.45, 7) is 0. The molecule has 0 fully saturated rings. The molecule has 2 nitrogen and oxygen atoms in total. The molecule has 0 N–H and O–H groups in total. The summed E-state index contributed by atoms with van der Waals surface area (Å²) in [7, 11) is 0.